The first kappa shape index (κ1) is 14.7. The van der Waals surface area contributed by atoms with Gasteiger partial charge in [0, 0.05) is 4.47 Å². The normalized spacial score (nSPS) is 12.2. The quantitative estimate of drug-likeness (QED) is 0.876. The zero-order valence-corrected chi connectivity index (χ0v) is 11.9. The van der Waals surface area contributed by atoms with Gasteiger partial charge in [-0.25, -0.2) is 4.79 Å². The smallest absolute Gasteiger partial charge is 0.326 e. The highest BCUT2D eigenvalue weighted by Crippen LogP contribution is 2.12. The van der Waals surface area contributed by atoms with E-state index < -0.39 is 12.0 Å². The zero-order chi connectivity index (χ0) is 13.7. The first-order valence-electron chi connectivity index (χ1n) is 5.66. The maximum absolute atomic E-state index is 11.8. The lowest BCUT2D eigenvalue weighted by Crippen LogP contribution is -2.44. The van der Waals surface area contributed by atoms with Gasteiger partial charge in [0.2, 0.25) is 5.91 Å². The minimum absolute atomic E-state index is 0.144. The lowest BCUT2D eigenvalue weighted by atomic mass is 10.0. The summed E-state index contributed by atoms with van der Waals surface area (Å²) in [5.41, 5.74) is 0.842. The summed E-state index contributed by atoms with van der Waals surface area (Å²) in [6.07, 6.45) is 0.177. The van der Waals surface area contributed by atoms with Crippen molar-refractivity contribution in [3.8, 4) is 0 Å². The molecule has 0 saturated carbocycles. The summed E-state index contributed by atoms with van der Waals surface area (Å²) in [5.74, 6) is -1.43. The van der Waals surface area contributed by atoms with Crippen LogP contribution in [0.4, 0.5) is 0 Å². The van der Waals surface area contributed by atoms with Crippen LogP contribution in [0.5, 0.6) is 0 Å². The second-order valence-corrected chi connectivity index (χ2v) is 5.35. The molecule has 2 N–H and O–H groups in total. The first-order chi connectivity index (χ1) is 8.40. The summed E-state index contributed by atoms with van der Waals surface area (Å²) in [5, 5.41) is 11.5. The Kier molecular flexibility index (Phi) is 5.34. The number of halogens is 1. The molecule has 18 heavy (non-hydrogen) atoms. The fraction of sp³-hybridized carbons (Fsp3) is 0.385. The standard InChI is InChI=1S/C13H16BrNO3/c1-8(2)12(13(17)18)15-11(16)7-9-4-3-5-10(14)6-9/h3-6,8,12H,7H2,1-2H3,(H,15,16)(H,17,18)/t12-/m0/s1. The second-order valence-electron chi connectivity index (χ2n) is 4.43. The number of carboxylic acids is 1. The van der Waals surface area contributed by atoms with Crippen LogP contribution in [0.25, 0.3) is 0 Å². The number of nitrogens with one attached hydrogen (secondary N) is 1. The van der Waals surface area contributed by atoms with Gasteiger partial charge in [-0.05, 0) is 23.6 Å². The average Bonchev–Trinajstić information content (AvgIpc) is 2.25. The Bertz CT molecular complexity index is 446. The van der Waals surface area contributed by atoms with Gasteiger partial charge < -0.3 is 10.4 Å². The van der Waals surface area contributed by atoms with E-state index >= 15 is 0 Å². The van der Waals surface area contributed by atoms with E-state index in [-0.39, 0.29) is 18.2 Å². The van der Waals surface area contributed by atoms with Crippen molar-refractivity contribution in [3.05, 3.63) is 34.3 Å². The number of benzene rings is 1. The van der Waals surface area contributed by atoms with Crippen LogP contribution in [0.1, 0.15) is 19.4 Å². The van der Waals surface area contributed by atoms with Crippen molar-refractivity contribution in [2.45, 2.75) is 26.3 Å². The maximum atomic E-state index is 11.8. The van der Waals surface area contributed by atoms with E-state index in [0.717, 1.165) is 10.0 Å². The highest BCUT2D eigenvalue weighted by molar-refractivity contribution is 9.10. The third-order valence-corrected chi connectivity index (χ3v) is 3.00. The lowest BCUT2D eigenvalue weighted by molar-refractivity contribution is -0.143. The monoisotopic (exact) mass is 313 g/mol. The highest BCUT2D eigenvalue weighted by Gasteiger charge is 2.23. The van der Waals surface area contributed by atoms with Crippen LogP contribution in [-0.2, 0) is 16.0 Å². The number of amides is 1. The Hall–Kier alpha value is -1.36. The summed E-state index contributed by atoms with van der Waals surface area (Å²) < 4.78 is 0.895. The molecule has 0 unspecified atom stereocenters. The molecule has 1 rings (SSSR count). The van der Waals surface area contributed by atoms with Crippen LogP contribution in [0.15, 0.2) is 28.7 Å². The second kappa shape index (κ2) is 6.54. The molecule has 1 aromatic rings. The summed E-state index contributed by atoms with van der Waals surface area (Å²) >= 11 is 3.32. The summed E-state index contributed by atoms with van der Waals surface area (Å²) in [7, 11) is 0. The van der Waals surface area contributed by atoms with Crippen molar-refractivity contribution < 1.29 is 14.7 Å². The van der Waals surface area contributed by atoms with Crippen molar-refractivity contribution in [2.24, 2.45) is 5.92 Å². The minimum Gasteiger partial charge on any atom is -0.480 e. The highest BCUT2D eigenvalue weighted by atomic mass is 79.9. The molecule has 0 aliphatic heterocycles. The molecule has 4 nitrogen and oxygen atoms in total. The van der Waals surface area contributed by atoms with Crippen LogP contribution in [0.3, 0.4) is 0 Å². The Morgan fingerprint density at radius 3 is 2.56 bits per heavy atom. The van der Waals surface area contributed by atoms with Gasteiger partial charge in [-0.3, -0.25) is 4.79 Å². The fourth-order valence-corrected chi connectivity index (χ4v) is 2.02. The molecule has 0 heterocycles. The summed E-state index contributed by atoms with van der Waals surface area (Å²) in [6.45, 7) is 3.52. The van der Waals surface area contributed by atoms with E-state index in [1.54, 1.807) is 13.8 Å². The minimum atomic E-state index is -1.01. The lowest BCUT2D eigenvalue weighted by Gasteiger charge is -2.17. The predicted molar refractivity (Wildman–Crippen MR) is 72.3 cm³/mol. The van der Waals surface area contributed by atoms with Gasteiger partial charge in [-0.2, -0.15) is 0 Å². The largest absolute Gasteiger partial charge is 0.480 e. The summed E-state index contributed by atoms with van der Waals surface area (Å²) in [6, 6.07) is 6.53. The zero-order valence-electron chi connectivity index (χ0n) is 10.3. The van der Waals surface area contributed by atoms with E-state index in [4.69, 9.17) is 5.11 Å². The van der Waals surface area contributed by atoms with Crippen molar-refractivity contribution >= 4 is 27.8 Å². The van der Waals surface area contributed by atoms with E-state index in [1.807, 2.05) is 24.3 Å². The molecule has 1 atom stereocenters. The number of carbonyl (C=O) groups is 2. The number of rotatable bonds is 5. The van der Waals surface area contributed by atoms with E-state index in [2.05, 4.69) is 21.2 Å². The number of carboxylic acid groups (broad SMARTS) is 1. The molecule has 1 amide bonds. The van der Waals surface area contributed by atoms with Crippen LogP contribution >= 0.6 is 15.9 Å². The third kappa shape index (κ3) is 4.49. The predicted octanol–water partition coefficient (Wildman–Crippen LogP) is 2.22. The van der Waals surface area contributed by atoms with Crippen molar-refractivity contribution in [3.63, 3.8) is 0 Å². The van der Waals surface area contributed by atoms with Gasteiger partial charge in [0.1, 0.15) is 6.04 Å². The summed E-state index contributed by atoms with van der Waals surface area (Å²) in [4.78, 5) is 22.7. The van der Waals surface area contributed by atoms with Crippen LogP contribution in [-0.4, -0.2) is 23.0 Å². The van der Waals surface area contributed by atoms with E-state index in [1.165, 1.54) is 0 Å². The third-order valence-electron chi connectivity index (χ3n) is 2.50. The van der Waals surface area contributed by atoms with E-state index in [9.17, 15) is 9.59 Å². The fourth-order valence-electron chi connectivity index (χ4n) is 1.57. The molecule has 5 heteroatoms. The Balaban J connectivity index is 2.63. The number of hydrogen-bond donors (Lipinski definition) is 2. The molecule has 0 bridgehead atoms. The molecular weight excluding hydrogens is 298 g/mol. The molecule has 0 radical (unpaired) electrons. The van der Waals surface area contributed by atoms with Crippen molar-refractivity contribution in [1.82, 2.24) is 5.32 Å². The van der Waals surface area contributed by atoms with Crippen molar-refractivity contribution in [2.75, 3.05) is 0 Å². The molecule has 0 aliphatic carbocycles. The molecule has 0 aliphatic rings. The Morgan fingerprint density at radius 2 is 2.06 bits per heavy atom. The van der Waals surface area contributed by atoms with E-state index in [0.29, 0.717) is 0 Å². The van der Waals surface area contributed by atoms with Gasteiger partial charge >= 0.3 is 5.97 Å². The van der Waals surface area contributed by atoms with Gasteiger partial charge in [0.05, 0.1) is 6.42 Å². The number of hydrogen-bond acceptors (Lipinski definition) is 2. The van der Waals surface area contributed by atoms with Crippen molar-refractivity contribution in [1.29, 1.82) is 0 Å². The molecule has 0 fully saturated rings. The topological polar surface area (TPSA) is 66.4 Å². The number of carbonyl (C=O) groups excluding carboxylic acids is 1. The average molecular weight is 314 g/mol. The molecular formula is C13H16BrNO3. The van der Waals surface area contributed by atoms with Gasteiger partial charge in [0.15, 0.2) is 0 Å². The first-order valence-corrected chi connectivity index (χ1v) is 6.46. The van der Waals surface area contributed by atoms with Gasteiger partial charge in [-0.15, -0.1) is 0 Å². The van der Waals surface area contributed by atoms with Gasteiger partial charge in [0.25, 0.3) is 0 Å². The number of aliphatic carboxylic acids is 1. The molecule has 1 aromatic carbocycles. The SMILES string of the molecule is CC(C)[C@H](NC(=O)Cc1cccc(Br)c1)C(=O)O. The molecule has 0 spiro atoms. The molecule has 98 valence electrons. The van der Waals surface area contributed by atoms with Crippen LogP contribution in [0.2, 0.25) is 0 Å². The Morgan fingerprint density at radius 1 is 1.39 bits per heavy atom. The van der Waals surface area contributed by atoms with Crippen LogP contribution in [0, 0.1) is 5.92 Å². The molecule has 0 aromatic heterocycles. The van der Waals surface area contributed by atoms with Crippen LogP contribution < -0.4 is 5.32 Å². The molecule has 0 saturated heterocycles. The van der Waals surface area contributed by atoms with Gasteiger partial charge in [-0.1, -0.05) is 41.9 Å². The Labute approximate surface area is 115 Å². The maximum Gasteiger partial charge on any atom is 0.326 e.